The van der Waals surface area contributed by atoms with Gasteiger partial charge in [-0.25, -0.2) is 0 Å². The van der Waals surface area contributed by atoms with E-state index in [1.807, 2.05) is 24.3 Å². The van der Waals surface area contributed by atoms with Gasteiger partial charge < -0.3 is 5.32 Å². The van der Waals surface area contributed by atoms with Gasteiger partial charge in [-0.2, -0.15) is 13.2 Å². The summed E-state index contributed by atoms with van der Waals surface area (Å²) in [5, 5.41) is 2.62. The summed E-state index contributed by atoms with van der Waals surface area (Å²) in [6.07, 6.45) is -3.59. The summed E-state index contributed by atoms with van der Waals surface area (Å²) in [7, 11) is 0. The number of aromatic nitrogens is 1. The van der Waals surface area contributed by atoms with Gasteiger partial charge in [0.2, 0.25) is 0 Å². The molecule has 0 unspecified atom stereocenters. The van der Waals surface area contributed by atoms with Crippen LogP contribution in [0.3, 0.4) is 0 Å². The molecule has 7 heteroatoms. The summed E-state index contributed by atoms with van der Waals surface area (Å²) in [4.78, 5) is 15.1. The third kappa shape index (κ3) is 4.29. The number of pyridine rings is 1. The van der Waals surface area contributed by atoms with Crippen molar-refractivity contribution in [1.82, 2.24) is 10.3 Å². The summed E-state index contributed by atoms with van der Waals surface area (Å²) in [6.45, 7) is 0.277. The zero-order valence-electron chi connectivity index (χ0n) is 10.6. The smallest absolute Gasteiger partial charge is 0.348 e. The lowest BCUT2D eigenvalue weighted by molar-refractivity contribution is -0.141. The second kappa shape index (κ2) is 6.26. The predicted molar refractivity (Wildman–Crippen MR) is 74.6 cm³/mol. The van der Waals surface area contributed by atoms with Crippen LogP contribution in [0.15, 0.2) is 47.1 Å². The van der Waals surface area contributed by atoms with Crippen LogP contribution in [0.5, 0.6) is 0 Å². The molecule has 1 aromatic carbocycles. The molecule has 0 radical (unpaired) electrons. The minimum atomic E-state index is -4.51. The van der Waals surface area contributed by atoms with Crippen molar-refractivity contribution in [3.05, 3.63) is 63.9 Å². The highest BCUT2D eigenvalue weighted by molar-refractivity contribution is 9.10. The van der Waals surface area contributed by atoms with Crippen LogP contribution in [0.4, 0.5) is 13.2 Å². The van der Waals surface area contributed by atoms with Crippen molar-refractivity contribution in [3.8, 4) is 0 Å². The van der Waals surface area contributed by atoms with E-state index in [0.717, 1.165) is 28.4 Å². The number of alkyl halides is 3. The van der Waals surface area contributed by atoms with Crippen molar-refractivity contribution in [2.75, 3.05) is 0 Å². The third-order valence-electron chi connectivity index (χ3n) is 2.66. The molecule has 0 aliphatic rings. The molecule has 1 aromatic heterocycles. The maximum atomic E-state index is 12.4. The van der Waals surface area contributed by atoms with Gasteiger partial charge in [-0.15, -0.1) is 0 Å². The minimum Gasteiger partial charge on any atom is -0.348 e. The summed E-state index contributed by atoms with van der Waals surface area (Å²) in [5.41, 5.74) is -0.0679. The largest absolute Gasteiger partial charge is 0.433 e. The van der Waals surface area contributed by atoms with Crippen molar-refractivity contribution in [3.63, 3.8) is 0 Å². The fourth-order valence-electron chi connectivity index (χ4n) is 1.63. The molecule has 0 fully saturated rings. The van der Waals surface area contributed by atoms with E-state index < -0.39 is 17.8 Å². The maximum Gasteiger partial charge on any atom is 0.433 e. The van der Waals surface area contributed by atoms with Crippen LogP contribution >= 0.6 is 15.9 Å². The average molecular weight is 359 g/mol. The molecule has 1 N–H and O–H groups in total. The van der Waals surface area contributed by atoms with E-state index in [9.17, 15) is 18.0 Å². The lowest BCUT2D eigenvalue weighted by atomic mass is 10.2. The number of carbonyl (C=O) groups is 1. The fourth-order valence-corrected chi connectivity index (χ4v) is 2.07. The number of nitrogens with zero attached hydrogens (tertiary/aromatic N) is 1. The van der Waals surface area contributed by atoms with Gasteiger partial charge in [-0.05, 0) is 29.8 Å². The number of nitrogens with one attached hydrogen (secondary N) is 1. The topological polar surface area (TPSA) is 42.0 Å². The Bertz CT molecular complexity index is 641. The van der Waals surface area contributed by atoms with Gasteiger partial charge in [0.25, 0.3) is 5.91 Å². The number of amides is 1. The molecule has 0 atom stereocenters. The molecular formula is C14H10BrF3N2O. The van der Waals surface area contributed by atoms with Crippen LogP contribution in [-0.4, -0.2) is 10.9 Å². The van der Waals surface area contributed by atoms with Crippen LogP contribution in [0.25, 0.3) is 0 Å². The number of carbonyl (C=O) groups excluding carboxylic acids is 1. The Kier molecular flexibility index (Phi) is 4.62. The van der Waals surface area contributed by atoms with E-state index in [-0.39, 0.29) is 12.1 Å². The molecule has 3 nitrogen and oxygen atoms in total. The van der Waals surface area contributed by atoms with Crippen molar-refractivity contribution < 1.29 is 18.0 Å². The fraction of sp³-hybridized carbons (Fsp3) is 0.143. The summed E-state index contributed by atoms with van der Waals surface area (Å²) in [5.74, 6) is -0.476. The number of hydrogen-bond donors (Lipinski definition) is 1. The van der Waals surface area contributed by atoms with Crippen molar-refractivity contribution in [2.24, 2.45) is 0 Å². The normalized spacial score (nSPS) is 11.2. The summed E-state index contributed by atoms with van der Waals surface area (Å²) >= 11 is 3.31. The Hall–Kier alpha value is -1.89. The first-order chi connectivity index (χ1) is 9.86. The molecular weight excluding hydrogens is 349 g/mol. The monoisotopic (exact) mass is 358 g/mol. The van der Waals surface area contributed by atoms with E-state index in [1.165, 1.54) is 0 Å². The van der Waals surface area contributed by atoms with Gasteiger partial charge in [0.15, 0.2) is 0 Å². The first kappa shape index (κ1) is 15.5. The Morgan fingerprint density at radius 2 is 2.00 bits per heavy atom. The van der Waals surface area contributed by atoms with Crippen LogP contribution in [0.2, 0.25) is 0 Å². The van der Waals surface area contributed by atoms with Crippen LogP contribution in [0.1, 0.15) is 21.6 Å². The molecule has 0 aliphatic carbocycles. The van der Waals surface area contributed by atoms with Crippen molar-refractivity contribution in [1.29, 1.82) is 0 Å². The molecule has 1 amide bonds. The average Bonchev–Trinajstić information content (AvgIpc) is 2.44. The van der Waals surface area contributed by atoms with E-state index in [4.69, 9.17) is 0 Å². The molecule has 21 heavy (non-hydrogen) atoms. The molecule has 2 rings (SSSR count). The lowest BCUT2D eigenvalue weighted by Crippen LogP contribution is -2.23. The number of rotatable bonds is 3. The molecule has 0 spiro atoms. The number of hydrogen-bond acceptors (Lipinski definition) is 2. The Morgan fingerprint density at radius 3 is 2.57 bits per heavy atom. The van der Waals surface area contributed by atoms with Crippen LogP contribution in [0, 0.1) is 0 Å². The predicted octanol–water partition coefficient (Wildman–Crippen LogP) is 3.79. The van der Waals surface area contributed by atoms with Crippen LogP contribution < -0.4 is 5.32 Å². The van der Waals surface area contributed by atoms with Gasteiger partial charge in [0.1, 0.15) is 5.69 Å². The Labute approximate surface area is 127 Å². The van der Waals surface area contributed by atoms with Gasteiger partial charge >= 0.3 is 6.18 Å². The maximum absolute atomic E-state index is 12.4. The second-order valence-electron chi connectivity index (χ2n) is 4.24. The molecule has 1 heterocycles. The molecule has 2 aromatic rings. The van der Waals surface area contributed by atoms with Crippen molar-refractivity contribution in [2.45, 2.75) is 12.7 Å². The molecule has 0 bridgehead atoms. The highest BCUT2D eigenvalue weighted by atomic mass is 79.9. The highest BCUT2D eigenvalue weighted by Crippen LogP contribution is 2.27. The van der Waals surface area contributed by atoms with E-state index in [0.29, 0.717) is 0 Å². The third-order valence-corrected chi connectivity index (χ3v) is 3.15. The molecule has 110 valence electrons. The van der Waals surface area contributed by atoms with Crippen molar-refractivity contribution >= 4 is 21.8 Å². The zero-order valence-corrected chi connectivity index (χ0v) is 12.2. The van der Waals surface area contributed by atoms with Gasteiger partial charge in [-0.1, -0.05) is 28.1 Å². The van der Waals surface area contributed by atoms with Gasteiger partial charge in [-0.3, -0.25) is 9.78 Å². The van der Waals surface area contributed by atoms with Crippen LogP contribution in [-0.2, 0) is 12.7 Å². The standard InChI is InChI=1S/C14H10BrF3N2O/c15-11-3-1-2-9(6-11)7-20-13(21)10-4-5-12(19-8-10)14(16,17)18/h1-6,8H,7H2,(H,20,21). The van der Waals surface area contributed by atoms with Gasteiger partial charge in [0, 0.05) is 17.2 Å². The molecule has 0 saturated heterocycles. The molecule has 0 aliphatic heterocycles. The van der Waals surface area contributed by atoms with E-state index in [1.54, 1.807) is 0 Å². The highest BCUT2D eigenvalue weighted by Gasteiger charge is 2.32. The summed E-state index contributed by atoms with van der Waals surface area (Å²) < 4.78 is 38.0. The first-order valence-corrected chi connectivity index (χ1v) is 6.71. The first-order valence-electron chi connectivity index (χ1n) is 5.92. The van der Waals surface area contributed by atoms with E-state index >= 15 is 0 Å². The second-order valence-corrected chi connectivity index (χ2v) is 5.16. The number of halogens is 4. The minimum absolute atomic E-state index is 0.0815. The quantitative estimate of drug-likeness (QED) is 0.906. The number of benzene rings is 1. The van der Waals surface area contributed by atoms with Gasteiger partial charge in [0.05, 0.1) is 5.56 Å². The zero-order chi connectivity index (χ0) is 15.5. The van der Waals surface area contributed by atoms with E-state index in [2.05, 4.69) is 26.2 Å². The molecule has 0 saturated carbocycles. The lowest BCUT2D eigenvalue weighted by Gasteiger charge is -2.08. The Morgan fingerprint density at radius 1 is 1.24 bits per heavy atom. The Balaban J connectivity index is 2.00. The SMILES string of the molecule is O=C(NCc1cccc(Br)c1)c1ccc(C(F)(F)F)nc1. The summed E-state index contributed by atoms with van der Waals surface area (Å²) in [6, 6.07) is 9.23.